The lowest BCUT2D eigenvalue weighted by molar-refractivity contribution is -0.415. The van der Waals surface area contributed by atoms with E-state index in [1.165, 1.54) is 6.92 Å². The molecule has 0 radical (unpaired) electrons. The van der Waals surface area contributed by atoms with Crippen molar-refractivity contribution in [2.24, 2.45) is 0 Å². The van der Waals surface area contributed by atoms with E-state index < -0.39 is 49.3 Å². The van der Waals surface area contributed by atoms with Crippen LogP contribution in [0.15, 0.2) is 0 Å². The Bertz CT molecular complexity index is 391. The van der Waals surface area contributed by atoms with Crippen molar-refractivity contribution in [3.05, 3.63) is 0 Å². The Kier molecular flexibility index (Phi) is 6.30. The SMILES string of the molecule is CCCOCC(F)(F)C(F)(F)C(F)(F)C(F)(F)C(F)(F)C(F)F. The van der Waals surface area contributed by atoms with Crippen molar-refractivity contribution < 1.29 is 57.4 Å². The van der Waals surface area contributed by atoms with Gasteiger partial charge in [0, 0.05) is 6.61 Å². The van der Waals surface area contributed by atoms with Crippen molar-refractivity contribution in [2.45, 2.75) is 49.4 Å². The molecule has 0 atom stereocenters. The van der Waals surface area contributed by atoms with Crippen LogP contribution >= 0.6 is 0 Å². The third-order valence-electron chi connectivity index (χ3n) is 2.57. The fourth-order valence-corrected chi connectivity index (χ4v) is 1.21. The van der Waals surface area contributed by atoms with Gasteiger partial charge in [-0.15, -0.1) is 0 Å². The van der Waals surface area contributed by atoms with Crippen molar-refractivity contribution in [1.29, 1.82) is 0 Å². The molecule has 0 aromatic rings. The Labute approximate surface area is 121 Å². The zero-order valence-corrected chi connectivity index (χ0v) is 11.1. The highest BCUT2D eigenvalue weighted by atomic mass is 19.4. The van der Waals surface area contributed by atoms with Gasteiger partial charge in [0.05, 0.1) is 0 Å². The summed E-state index contributed by atoms with van der Waals surface area (Å²) in [5.41, 5.74) is 0. The predicted octanol–water partition coefficient (Wildman–Crippen LogP) is 4.85. The lowest BCUT2D eigenvalue weighted by Crippen LogP contribution is -2.69. The van der Waals surface area contributed by atoms with E-state index in [0.717, 1.165) is 0 Å². The molecule has 0 heterocycles. The highest BCUT2D eigenvalue weighted by Crippen LogP contribution is 2.58. The Balaban J connectivity index is 5.77. The Hall–Kier alpha value is -0.880. The fourth-order valence-electron chi connectivity index (χ4n) is 1.21. The van der Waals surface area contributed by atoms with Crippen LogP contribution in [0.4, 0.5) is 52.7 Å². The summed E-state index contributed by atoms with van der Waals surface area (Å²) < 4.78 is 156. The third-order valence-corrected chi connectivity index (χ3v) is 2.57. The number of halogens is 12. The maximum atomic E-state index is 13.1. The van der Waals surface area contributed by atoms with Gasteiger partial charge in [-0.1, -0.05) is 6.92 Å². The quantitative estimate of drug-likeness (QED) is 0.414. The molecule has 0 amide bonds. The van der Waals surface area contributed by atoms with Gasteiger partial charge in [0.25, 0.3) is 0 Å². The van der Waals surface area contributed by atoms with E-state index in [1.54, 1.807) is 0 Å². The molecule has 0 bridgehead atoms. The van der Waals surface area contributed by atoms with Crippen molar-refractivity contribution in [3.8, 4) is 0 Å². The first-order chi connectivity index (χ1) is 10.0. The molecular formula is C10H10F12O. The van der Waals surface area contributed by atoms with Crippen LogP contribution < -0.4 is 0 Å². The van der Waals surface area contributed by atoms with Crippen molar-refractivity contribution in [1.82, 2.24) is 0 Å². The van der Waals surface area contributed by atoms with E-state index in [4.69, 9.17) is 0 Å². The van der Waals surface area contributed by atoms with Crippen molar-refractivity contribution in [2.75, 3.05) is 13.2 Å². The molecule has 1 nitrogen and oxygen atoms in total. The lowest BCUT2D eigenvalue weighted by atomic mass is 9.94. The summed E-state index contributed by atoms with van der Waals surface area (Å²) in [5.74, 6) is -35.0. The summed E-state index contributed by atoms with van der Waals surface area (Å²) in [5, 5.41) is 0. The molecule has 13 heteroatoms. The van der Waals surface area contributed by atoms with E-state index in [9.17, 15) is 52.7 Å². The third kappa shape index (κ3) is 3.48. The second-order valence-corrected chi connectivity index (χ2v) is 4.40. The minimum atomic E-state index is -7.49. The molecule has 0 aliphatic rings. The Morgan fingerprint density at radius 3 is 1.52 bits per heavy atom. The van der Waals surface area contributed by atoms with Crippen LogP contribution in [0.5, 0.6) is 0 Å². The van der Waals surface area contributed by atoms with Crippen LogP contribution in [0.25, 0.3) is 0 Å². The minimum Gasteiger partial charge on any atom is -0.375 e. The molecular weight excluding hydrogens is 364 g/mol. The maximum absolute atomic E-state index is 13.1. The molecule has 0 spiro atoms. The Morgan fingerprint density at radius 2 is 1.17 bits per heavy atom. The van der Waals surface area contributed by atoms with Gasteiger partial charge in [0.1, 0.15) is 6.61 Å². The van der Waals surface area contributed by atoms with Gasteiger partial charge in [0.2, 0.25) is 0 Å². The predicted molar refractivity (Wildman–Crippen MR) is 51.8 cm³/mol. The van der Waals surface area contributed by atoms with Gasteiger partial charge in [-0.2, -0.15) is 43.9 Å². The average Bonchev–Trinajstić information content (AvgIpc) is 2.37. The van der Waals surface area contributed by atoms with Crippen LogP contribution in [0.3, 0.4) is 0 Å². The van der Waals surface area contributed by atoms with E-state index >= 15 is 0 Å². The summed E-state index contributed by atoms with van der Waals surface area (Å²) in [4.78, 5) is 0. The van der Waals surface area contributed by atoms with Gasteiger partial charge < -0.3 is 4.74 Å². The molecule has 0 aromatic carbocycles. The molecule has 0 N–H and O–H groups in total. The summed E-state index contributed by atoms with van der Waals surface area (Å²) >= 11 is 0. The second kappa shape index (κ2) is 6.55. The van der Waals surface area contributed by atoms with Crippen molar-refractivity contribution in [3.63, 3.8) is 0 Å². The maximum Gasteiger partial charge on any atom is 0.384 e. The largest absolute Gasteiger partial charge is 0.384 e. The second-order valence-electron chi connectivity index (χ2n) is 4.40. The zero-order valence-electron chi connectivity index (χ0n) is 11.1. The molecule has 140 valence electrons. The topological polar surface area (TPSA) is 9.23 Å². The van der Waals surface area contributed by atoms with E-state index in [0.29, 0.717) is 0 Å². The number of hydrogen-bond donors (Lipinski definition) is 0. The molecule has 0 saturated carbocycles. The number of hydrogen-bond acceptors (Lipinski definition) is 1. The monoisotopic (exact) mass is 374 g/mol. The first-order valence-corrected chi connectivity index (χ1v) is 5.75. The normalized spacial score (nSPS) is 15.4. The summed E-state index contributed by atoms with van der Waals surface area (Å²) in [6, 6.07) is 0. The molecule has 0 aromatic heterocycles. The highest BCUT2D eigenvalue weighted by Gasteiger charge is 2.87. The van der Waals surface area contributed by atoms with Crippen LogP contribution in [0, 0.1) is 0 Å². The first kappa shape index (κ1) is 22.1. The molecule has 0 fully saturated rings. The molecule has 0 saturated heterocycles. The summed E-state index contributed by atoms with van der Waals surface area (Å²) in [6.07, 6.45) is -5.54. The van der Waals surface area contributed by atoms with Crippen LogP contribution in [-0.2, 0) is 4.74 Å². The van der Waals surface area contributed by atoms with Crippen LogP contribution in [0.2, 0.25) is 0 Å². The lowest BCUT2D eigenvalue weighted by Gasteiger charge is -2.39. The molecule has 0 aliphatic carbocycles. The van der Waals surface area contributed by atoms with Crippen LogP contribution in [0.1, 0.15) is 13.3 Å². The minimum absolute atomic E-state index is 0.0440. The Morgan fingerprint density at radius 1 is 0.739 bits per heavy atom. The molecule has 0 aliphatic heterocycles. The number of ether oxygens (including phenoxy) is 1. The fraction of sp³-hybridized carbons (Fsp3) is 1.00. The average molecular weight is 374 g/mol. The molecule has 23 heavy (non-hydrogen) atoms. The van der Waals surface area contributed by atoms with Gasteiger partial charge in [-0.3, -0.25) is 0 Å². The van der Waals surface area contributed by atoms with Gasteiger partial charge >= 0.3 is 36.0 Å². The van der Waals surface area contributed by atoms with Gasteiger partial charge in [-0.25, -0.2) is 8.78 Å². The first-order valence-electron chi connectivity index (χ1n) is 5.75. The summed E-state index contributed by atoms with van der Waals surface area (Å²) in [6.45, 7) is -1.86. The van der Waals surface area contributed by atoms with E-state index in [1.807, 2.05) is 0 Å². The van der Waals surface area contributed by atoms with E-state index in [2.05, 4.69) is 4.74 Å². The standard InChI is InChI=1S/C10H10F12O/c1-2-3-23-4-6(13,14)8(17,18)10(21,22)9(19,20)7(15,16)5(11)12/h5H,2-4H2,1H3. The van der Waals surface area contributed by atoms with Crippen LogP contribution in [-0.4, -0.2) is 49.3 Å². The summed E-state index contributed by atoms with van der Waals surface area (Å²) in [7, 11) is 0. The van der Waals surface area contributed by atoms with E-state index in [-0.39, 0.29) is 6.42 Å². The number of alkyl halides is 12. The number of rotatable bonds is 9. The highest BCUT2D eigenvalue weighted by molar-refractivity contribution is 5.09. The molecule has 0 unspecified atom stereocenters. The van der Waals surface area contributed by atoms with Crippen molar-refractivity contribution >= 4 is 0 Å². The molecule has 0 rings (SSSR count). The smallest absolute Gasteiger partial charge is 0.375 e. The zero-order chi connectivity index (χ0) is 18.9. The van der Waals surface area contributed by atoms with Gasteiger partial charge in [-0.05, 0) is 6.42 Å². The van der Waals surface area contributed by atoms with Gasteiger partial charge in [0.15, 0.2) is 0 Å².